The second-order valence-electron chi connectivity index (χ2n) is 6.18. The summed E-state index contributed by atoms with van der Waals surface area (Å²) in [6.45, 7) is 5.74. The minimum atomic E-state index is 0.213. The number of methoxy groups -OCH3 is 1. The number of nitrogens with zero attached hydrogens (tertiary/aromatic N) is 3. The molecule has 5 nitrogen and oxygen atoms in total. The lowest BCUT2D eigenvalue weighted by molar-refractivity contribution is 0.107. The van der Waals surface area contributed by atoms with Crippen LogP contribution in [0.4, 0.5) is 0 Å². The monoisotopic (exact) mass is 310 g/mol. The van der Waals surface area contributed by atoms with Crippen molar-refractivity contribution in [3.8, 4) is 6.07 Å². The largest absolute Gasteiger partial charge is 0.380 e. The Morgan fingerprint density at radius 1 is 1.43 bits per heavy atom. The van der Waals surface area contributed by atoms with Gasteiger partial charge in [-0.2, -0.15) is 5.26 Å². The number of nitriles is 1. The lowest BCUT2D eigenvalue weighted by Gasteiger charge is -2.22. The molecule has 1 aliphatic rings. The van der Waals surface area contributed by atoms with Gasteiger partial charge >= 0.3 is 0 Å². The number of hydrogen-bond donors (Lipinski definition) is 1. The van der Waals surface area contributed by atoms with Gasteiger partial charge in [0.2, 0.25) is 0 Å². The van der Waals surface area contributed by atoms with Crippen LogP contribution in [0, 0.1) is 25.2 Å². The summed E-state index contributed by atoms with van der Waals surface area (Å²) in [5, 5.41) is 9.07. The molecular formula is C18H22N4O. The van der Waals surface area contributed by atoms with E-state index < -0.39 is 0 Å². The van der Waals surface area contributed by atoms with Crippen LogP contribution in [0.5, 0.6) is 0 Å². The highest BCUT2D eigenvalue weighted by atomic mass is 16.5. The number of nitrogens with one attached hydrogen (secondary N) is 1. The summed E-state index contributed by atoms with van der Waals surface area (Å²) >= 11 is 0. The molecule has 0 amide bonds. The maximum Gasteiger partial charge on any atom is 0.124 e. The second-order valence-corrected chi connectivity index (χ2v) is 6.18. The van der Waals surface area contributed by atoms with E-state index >= 15 is 0 Å². The summed E-state index contributed by atoms with van der Waals surface area (Å²) in [6.07, 6.45) is 1.14. The third kappa shape index (κ3) is 3.29. The van der Waals surface area contributed by atoms with Gasteiger partial charge in [0.25, 0.3) is 0 Å². The molecule has 1 fully saturated rings. The molecule has 0 aliphatic carbocycles. The Hall–Kier alpha value is -2.16. The van der Waals surface area contributed by atoms with Gasteiger partial charge in [0.05, 0.1) is 29.5 Å². The van der Waals surface area contributed by atoms with Crippen molar-refractivity contribution in [1.82, 2.24) is 14.9 Å². The molecule has 5 heteroatoms. The summed E-state index contributed by atoms with van der Waals surface area (Å²) in [7, 11) is 1.76. The Balaban J connectivity index is 1.84. The van der Waals surface area contributed by atoms with Gasteiger partial charge in [-0.15, -0.1) is 0 Å². The fourth-order valence-electron chi connectivity index (χ4n) is 3.20. The topological polar surface area (TPSA) is 64.9 Å². The molecule has 1 saturated heterocycles. The highest BCUT2D eigenvalue weighted by molar-refractivity contribution is 5.32. The molecule has 1 aromatic carbocycles. The SMILES string of the molecule is CO[C@@H]1C[C@@H](c2nc(C)c(C)[nH]2)N(Cc2cccc(C#N)c2)C1. The van der Waals surface area contributed by atoms with Gasteiger partial charge < -0.3 is 9.72 Å². The molecule has 2 atom stereocenters. The van der Waals surface area contributed by atoms with Crippen LogP contribution in [0.15, 0.2) is 24.3 Å². The molecule has 23 heavy (non-hydrogen) atoms. The first-order chi connectivity index (χ1) is 11.1. The van der Waals surface area contributed by atoms with Gasteiger partial charge in [-0.25, -0.2) is 4.98 Å². The lowest BCUT2D eigenvalue weighted by Crippen LogP contribution is -2.25. The number of aromatic amines is 1. The van der Waals surface area contributed by atoms with E-state index in [-0.39, 0.29) is 12.1 Å². The van der Waals surface area contributed by atoms with Crippen LogP contribution in [-0.4, -0.2) is 34.6 Å². The van der Waals surface area contributed by atoms with E-state index in [1.165, 1.54) is 0 Å². The molecule has 0 radical (unpaired) electrons. The van der Waals surface area contributed by atoms with Crippen molar-refractivity contribution < 1.29 is 4.74 Å². The number of likely N-dealkylation sites (tertiary alicyclic amines) is 1. The molecule has 3 rings (SSSR count). The summed E-state index contributed by atoms with van der Waals surface area (Å²) in [5.74, 6) is 1.01. The number of imidazole rings is 1. The molecule has 1 aliphatic heterocycles. The average molecular weight is 310 g/mol. The van der Waals surface area contributed by atoms with Crippen molar-refractivity contribution in [2.75, 3.05) is 13.7 Å². The van der Waals surface area contributed by atoms with Gasteiger partial charge in [-0.1, -0.05) is 12.1 Å². The van der Waals surface area contributed by atoms with Gasteiger partial charge in [-0.3, -0.25) is 4.90 Å². The van der Waals surface area contributed by atoms with E-state index in [1.807, 2.05) is 25.1 Å². The summed E-state index contributed by atoms with van der Waals surface area (Å²) in [6, 6.07) is 10.2. The Labute approximate surface area is 136 Å². The van der Waals surface area contributed by atoms with Crippen molar-refractivity contribution in [3.05, 3.63) is 52.6 Å². The number of aryl methyl sites for hydroxylation is 2. The minimum absolute atomic E-state index is 0.213. The van der Waals surface area contributed by atoms with Crippen molar-refractivity contribution >= 4 is 0 Å². The molecule has 0 bridgehead atoms. The van der Waals surface area contributed by atoms with E-state index in [9.17, 15) is 0 Å². The highest BCUT2D eigenvalue weighted by Crippen LogP contribution is 2.33. The molecule has 1 N–H and O–H groups in total. The molecule has 120 valence electrons. The molecule has 0 saturated carbocycles. The van der Waals surface area contributed by atoms with E-state index in [0.29, 0.717) is 5.56 Å². The van der Waals surface area contributed by atoms with Gasteiger partial charge in [0.15, 0.2) is 0 Å². The molecule has 0 unspecified atom stereocenters. The van der Waals surface area contributed by atoms with E-state index in [1.54, 1.807) is 7.11 Å². The van der Waals surface area contributed by atoms with Crippen LogP contribution >= 0.6 is 0 Å². The number of ether oxygens (including phenoxy) is 1. The first kappa shape index (κ1) is 15.7. The maximum atomic E-state index is 9.07. The third-order valence-electron chi connectivity index (χ3n) is 4.60. The molecular weight excluding hydrogens is 288 g/mol. The summed E-state index contributed by atoms with van der Waals surface area (Å²) in [4.78, 5) is 10.5. The van der Waals surface area contributed by atoms with Gasteiger partial charge in [0, 0.05) is 25.9 Å². The fourth-order valence-corrected chi connectivity index (χ4v) is 3.20. The van der Waals surface area contributed by atoms with Crippen LogP contribution in [0.3, 0.4) is 0 Å². The van der Waals surface area contributed by atoms with E-state index in [2.05, 4.69) is 33.9 Å². The van der Waals surface area contributed by atoms with Crippen LogP contribution in [-0.2, 0) is 11.3 Å². The fraction of sp³-hybridized carbons (Fsp3) is 0.444. The Bertz CT molecular complexity index is 711. The zero-order valence-electron chi connectivity index (χ0n) is 13.8. The van der Waals surface area contributed by atoms with Crippen molar-refractivity contribution in [2.45, 2.75) is 39.0 Å². The normalized spacial score (nSPS) is 21.5. The smallest absolute Gasteiger partial charge is 0.124 e. The van der Waals surface area contributed by atoms with E-state index in [4.69, 9.17) is 10.00 Å². The number of rotatable bonds is 4. The lowest BCUT2D eigenvalue weighted by atomic mass is 10.1. The van der Waals surface area contributed by atoms with Crippen molar-refractivity contribution in [1.29, 1.82) is 5.26 Å². The average Bonchev–Trinajstić information content (AvgIpc) is 3.11. The number of H-pyrrole nitrogens is 1. The molecule has 1 aromatic heterocycles. The second kappa shape index (κ2) is 6.53. The van der Waals surface area contributed by atoms with Crippen LogP contribution in [0.2, 0.25) is 0 Å². The molecule has 2 heterocycles. The first-order valence-corrected chi connectivity index (χ1v) is 7.89. The van der Waals surface area contributed by atoms with Gasteiger partial charge in [-0.05, 0) is 38.0 Å². The quantitative estimate of drug-likeness (QED) is 0.943. The minimum Gasteiger partial charge on any atom is -0.380 e. The molecule has 0 spiro atoms. The maximum absolute atomic E-state index is 9.07. The number of benzene rings is 1. The highest BCUT2D eigenvalue weighted by Gasteiger charge is 2.35. The number of hydrogen-bond acceptors (Lipinski definition) is 4. The van der Waals surface area contributed by atoms with E-state index in [0.717, 1.165) is 42.3 Å². The van der Waals surface area contributed by atoms with Crippen LogP contribution < -0.4 is 0 Å². The summed E-state index contributed by atoms with van der Waals surface area (Å²) < 4.78 is 5.58. The van der Waals surface area contributed by atoms with Crippen LogP contribution in [0.25, 0.3) is 0 Å². The zero-order valence-corrected chi connectivity index (χ0v) is 13.8. The Kier molecular flexibility index (Phi) is 4.46. The Morgan fingerprint density at radius 3 is 2.91 bits per heavy atom. The predicted octanol–water partition coefficient (Wildman–Crippen LogP) is 2.86. The Morgan fingerprint density at radius 2 is 2.26 bits per heavy atom. The van der Waals surface area contributed by atoms with Crippen LogP contribution in [0.1, 0.15) is 40.8 Å². The van der Waals surface area contributed by atoms with Gasteiger partial charge in [0.1, 0.15) is 5.82 Å². The number of aromatic nitrogens is 2. The van der Waals surface area contributed by atoms with Crippen molar-refractivity contribution in [3.63, 3.8) is 0 Å². The van der Waals surface area contributed by atoms with Crippen molar-refractivity contribution in [2.24, 2.45) is 0 Å². The summed E-state index contributed by atoms with van der Waals surface area (Å²) in [5.41, 5.74) is 4.01. The standard InChI is InChI=1S/C18H22N4O/c1-12-13(2)21-18(20-12)17-8-16(23-3)11-22(17)10-15-6-4-5-14(7-15)9-19/h4-7,16-17H,8,10-11H2,1-3H3,(H,20,21)/t16-,17+/m1/s1. The predicted molar refractivity (Wildman–Crippen MR) is 87.8 cm³/mol. The third-order valence-corrected chi connectivity index (χ3v) is 4.60. The molecule has 2 aromatic rings. The zero-order chi connectivity index (χ0) is 16.4. The first-order valence-electron chi connectivity index (χ1n) is 7.89.